The third-order valence-electron chi connectivity index (χ3n) is 5.80. The van der Waals surface area contributed by atoms with E-state index in [1.807, 2.05) is 24.3 Å². The molecular weight excluding hydrogens is 410 g/mol. The van der Waals surface area contributed by atoms with Gasteiger partial charge in [0, 0.05) is 24.3 Å². The summed E-state index contributed by atoms with van der Waals surface area (Å²) in [7, 11) is 0. The molecule has 0 aliphatic carbocycles. The van der Waals surface area contributed by atoms with Crippen LogP contribution in [0.5, 0.6) is 0 Å². The minimum Gasteiger partial charge on any atom is -0.374 e. The summed E-state index contributed by atoms with van der Waals surface area (Å²) < 4.78 is 1.26. The number of aliphatic hydroxyl groups excluding tert-OH is 2. The van der Waals surface area contributed by atoms with Crippen molar-refractivity contribution in [3.63, 3.8) is 0 Å². The smallest absolute Gasteiger partial charge is 0.328 e. The van der Waals surface area contributed by atoms with Gasteiger partial charge in [-0.3, -0.25) is 9.36 Å². The molecule has 32 heavy (non-hydrogen) atoms. The van der Waals surface area contributed by atoms with Crippen molar-refractivity contribution in [2.24, 2.45) is 0 Å². The maximum atomic E-state index is 12.5. The number of anilines is 1. The van der Waals surface area contributed by atoms with Crippen LogP contribution < -0.4 is 21.9 Å². The highest BCUT2D eigenvalue weighted by molar-refractivity contribution is 5.76. The normalized spacial score (nSPS) is 18.4. The molecule has 1 aliphatic rings. The Labute approximate surface area is 185 Å². The first-order chi connectivity index (χ1) is 15.6. The minimum absolute atomic E-state index is 0.258. The summed E-state index contributed by atoms with van der Waals surface area (Å²) in [4.78, 5) is 29.1. The van der Waals surface area contributed by atoms with Gasteiger partial charge in [-0.1, -0.05) is 30.3 Å². The molecule has 0 fully saturated rings. The number of fused-ring (bicyclic) bond motifs is 2. The minimum atomic E-state index is -0.932. The number of unbranched alkanes of at least 4 members (excludes halogenated alkanes) is 1. The summed E-state index contributed by atoms with van der Waals surface area (Å²) in [6.07, 6.45) is 0.502. The first kappa shape index (κ1) is 22.2. The summed E-state index contributed by atoms with van der Waals surface area (Å²) in [6, 6.07) is 14.4. The van der Waals surface area contributed by atoms with Crippen molar-refractivity contribution in [1.29, 1.82) is 0 Å². The largest absolute Gasteiger partial charge is 0.374 e. The van der Waals surface area contributed by atoms with Crippen LogP contribution in [-0.2, 0) is 6.54 Å². The topological polar surface area (TPSA) is 123 Å². The van der Waals surface area contributed by atoms with E-state index in [1.165, 1.54) is 4.57 Å². The number of nitrogens with zero attached hydrogens (tertiary/aromatic N) is 2. The van der Waals surface area contributed by atoms with Crippen LogP contribution in [0.1, 0.15) is 31.1 Å². The van der Waals surface area contributed by atoms with Gasteiger partial charge >= 0.3 is 5.69 Å². The number of rotatable bonds is 9. The summed E-state index contributed by atoms with van der Waals surface area (Å²) >= 11 is 0. The Hall–Kier alpha value is -2.98. The molecule has 1 aliphatic heterocycles. The van der Waals surface area contributed by atoms with Gasteiger partial charge in [-0.15, -0.1) is 0 Å². The molecule has 1 aromatic heterocycles. The van der Waals surface area contributed by atoms with E-state index in [1.54, 1.807) is 29.2 Å². The summed E-state index contributed by atoms with van der Waals surface area (Å²) in [5, 5.41) is 27.6. The van der Waals surface area contributed by atoms with Gasteiger partial charge in [-0.2, -0.15) is 0 Å². The molecule has 9 nitrogen and oxygen atoms in total. The Balaban J connectivity index is 1.18. The van der Waals surface area contributed by atoms with Crippen molar-refractivity contribution in [3.8, 4) is 0 Å². The van der Waals surface area contributed by atoms with Crippen LogP contribution in [0, 0.1) is 0 Å². The zero-order valence-corrected chi connectivity index (χ0v) is 17.8. The fourth-order valence-corrected chi connectivity index (χ4v) is 4.07. The molecule has 9 heteroatoms. The van der Waals surface area contributed by atoms with Crippen LogP contribution in [0.4, 0.5) is 5.69 Å². The highest BCUT2D eigenvalue weighted by Crippen LogP contribution is 2.31. The second kappa shape index (κ2) is 10.1. The first-order valence-corrected chi connectivity index (χ1v) is 11.0. The lowest BCUT2D eigenvalue weighted by Crippen LogP contribution is -2.47. The Morgan fingerprint density at radius 2 is 1.66 bits per heavy atom. The Morgan fingerprint density at radius 3 is 2.53 bits per heavy atom. The van der Waals surface area contributed by atoms with Gasteiger partial charge in [0.1, 0.15) is 6.23 Å². The fourth-order valence-electron chi connectivity index (χ4n) is 4.07. The third kappa shape index (κ3) is 4.76. The third-order valence-corrected chi connectivity index (χ3v) is 5.80. The summed E-state index contributed by atoms with van der Waals surface area (Å²) in [6.45, 7) is 2.39. The average molecular weight is 440 g/mol. The molecule has 2 heterocycles. The molecule has 4 rings (SSSR count). The molecule has 0 bridgehead atoms. The molecule has 5 N–H and O–H groups in total. The van der Waals surface area contributed by atoms with E-state index in [0.717, 1.165) is 37.2 Å². The van der Waals surface area contributed by atoms with Crippen LogP contribution in [0.25, 0.3) is 10.9 Å². The van der Waals surface area contributed by atoms with E-state index in [-0.39, 0.29) is 11.2 Å². The SMILES string of the molecule is O=c1[nH]c2ccccc2c(=O)n1CCCCNCCCN1C(O)Nc2ccccc2C1O. The van der Waals surface area contributed by atoms with E-state index in [0.29, 0.717) is 30.4 Å². The summed E-state index contributed by atoms with van der Waals surface area (Å²) in [5.41, 5.74) is 1.42. The second-order valence-electron chi connectivity index (χ2n) is 7.96. The standard InChI is InChI=1S/C23H29N5O4/c29-20-16-8-1-3-10-18(16)25-22(31)27(20)14-6-5-12-24-13-7-15-28-21(30)17-9-2-4-11-19(17)26-23(28)32/h1-4,8-11,21,23-24,26,30,32H,5-7,12-15H2,(H,25,31). The molecule has 2 aromatic carbocycles. The van der Waals surface area contributed by atoms with E-state index in [2.05, 4.69) is 15.6 Å². The molecule has 2 unspecified atom stereocenters. The number of hydrogen-bond donors (Lipinski definition) is 5. The zero-order chi connectivity index (χ0) is 22.5. The van der Waals surface area contributed by atoms with Crippen LogP contribution in [0.3, 0.4) is 0 Å². The Bertz CT molecular complexity index is 1170. The van der Waals surface area contributed by atoms with E-state index < -0.39 is 12.6 Å². The summed E-state index contributed by atoms with van der Waals surface area (Å²) in [5.74, 6) is 0. The Morgan fingerprint density at radius 1 is 0.906 bits per heavy atom. The molecule has 0 saturated carbocycles. The van der Waals surface area contributed by atoms with Gasteiger partial charge in [-0.05, 0) is 50.6 Å². The molecule has 3 aromatic rings. The zero-order valence-electron chi connectivity index (χ0n) is 17.8. The average Bonchev–Trinajstić information content (AvgIpc) is 2.79. The number of aliphatic hydroxyl groups is 2. The molecule has 0 radical (unpaired) electrons. The van der Waals surface area contributed by atoms with Crippen LogP contribution in [-0.4, -0.2) is 50.7 Å². The molecule has 0 spiro atoms. The lowest BCUT2D eigenvalue weighted by Gasteiger charge is -2.38. The van der Waals surface area contributed by atoms with Gasteiger partial charge in [0.25, 0.3) is 5.56 Å². The lowest BCUT2D eigenvalue weighted by atomic mass is 10.1. The van der Waals surface area contributed by atoms with Crippen LogP contribution in [0.15, 0.2) is 58.1 Å². The Kier molecular flexibility index (Phi) is 7.01. The van der Waals surface area contributed by atoms with Gasteiger partial charge in [-0.25, -0.2) is 9.69 Å². The highest BCUT2D eigenvalue weighted by atomic mass is 16.3. The number of aromatic nitrogens is 2. The number of aromatic amines is 1. The van der Waals surface area contributed by atoms with Crippen molar-refractivity contribution in [2.75, 3.05) is 25.0 Å². The predicted octanol–water partition coefficient (Wildman–Crippen LogP) is 1.14. The van der Waals surface area contributed by atoms with Crippen molar-refractivity contribution in [1.82, 2.24) is 19.8 Å². The second-order valence-corrected chi connectivity index (χ2v) is 7.96. The predicted molar refractivity (Wildman–Crippen MR) is 123 cm³/mol. The van der Waals surface area contributed by atoms with Crippen LogP contribution >= 0.6 is 0 Å². The van der Waals surface area contributed by atoms with E-state index in [9.17, 15) is 19.8 Å². The van der Waals surface area contributed by atoms with Crippen molar-refractivity contribution in [3.05, 3.63) is 74.9 Å². The number of hydrogen-bond acceptors (Lipinski definition) is 7. The van der Waals surface area contributed by atoms with Crippen molar-refractivity contribution < 1.29 is 10.2 Å². The first-order valence-electron chi connectivity index (χ1n) is 11.0. The highest BCUT2D eigenvalue weighted by Gasteiger charge is 2.30. The van der Waals surface area contributed by atoms with E-state index >= 15 is 0 Å². The van der Waals surface area contributed by atoms with Crippen molar-refractivity contribution >= 4 is 16.6 Å². The van der Waals surface area contributed by atoms with Crippen molar-refractivity contribution in [2.45, 2.75) is 38.4 Å². The molecular formula is C23H29N5O4. The number of nitrogens with one attached hydrogen (secondary N) is 3. The number of benzene rings is 2. The molecule has 0 saturated heterocycles. The lowest BCUT2D eigenvalue weighted by molar-refractivity contribution is -0.0979. The van der Waals surface area contributed by atoms with Crippen LogP contribution in [0.2, 0.25) is 0 Å². The maximum absolute atomic E-state index is 12.5. The van der Waals surface area contributed by atoms with Gasteiger partial charge in [0.15, 0.2) is 6.35 Å². The number of H-pyrrole nitrogens is 1. The van der Waals surface area contributed by atoms with Gasteiger partial charge in [0.2, 0.25) is 0 Å². The quantitative estimate of drug-likeness (QED) is 0.317. The molecule has 170 valence electrons. The monoisotopic (exact) mass is 439 g/mol. The molecule has 2 atom stereocenters. The fraction of sp³-hybridized carbons (Fsp3) is 0.391. The van der Waals surface area contributed by atoms with Gasteiger partial charge < -0.3 is 25.8 Å². The van der Waals surface area contributed by atoms with E-state index in [4.69, 9.17) is 0 Å². The maximum Gasteiger partial charge on any atom is 0.328 e. The molecule has 0 amide bonds. The number of para-hydroxylation sites is 2. The van der Waals surface area contributed by atoms with Gasteiger partial charge in [0.05, 0.1) is 10.9 Å².